The molecule has 0 saturated carbocycles. The highest BCUT2D eigenvalue weighted by Gasteiger charge is 2.01. The normalized spacial score (nSPS) is 9.29. The Morgan fingerprint density at radius 2 is 1.67 bits per heavy atom. The standard InChI is InChI=1S/C11H8O2.C6H4N2/c12-11(13)10-6-5-8-3-1-2-4-9(8)7-10;7-5-6-1-3-8-4-2-6/h1-7H,(H,12,13);1-4H. The summed E-state index contributed by atoms with van der Waals surface area (Å²) in [6.45, 7) is 0. The van der Waals surface area contributed by atoms with Crippen LogP contribution < -0.4 is 0 Å². The minimum absolute atomic E-state index is 0.332. The first kappa shape index (κ1) is 14.2. The molecule has 4 heteroatoms. The first-order valence-corrected chi connectivity index (χ1v) is 6.23. The highest BCUT2D eigenvalue weighted by molar-refractivity contribution is 5.94. The van der Waals surface area contributed by atoms with E-state index in [0.717, 1.165) is 10.8 Å². The van der Waals surface area contributed by atoms with Gasteiger partial charge in [0.05, 0.1) is 17.2 Å². The number of aromatic carboxylic acids is 1. The molecule has 0 spiro atoms. The second-order valence-corrected chi connectivity index (χ2v) is 4.21. The Bertz CT molecular complexity index is 792. The maximum Gasteiger partial charge on any atom is 0.335 e. The predicted octanol–water partition coefficient (Wildman–Crippen LogP) is 3.49. The van der Waals surface area contributed by atoms with Gasteiger partial charge in [0.25, 0.3) is 0 Å². The van der Waals surface area contributed by atoms with Gasteiger partial charge in [-0.25, -0.2) is 4.79 Å². The number of nitrogens with zero attached hydrogens (tertiary/aromatic N) is 2. The van der Waals surface area contributed by atoms with Crippen molar-refractivity contribution >= 4 is 16.7 Å². The van der Waals surface area contributed by atoms with E-state index in [1.165, 1.54) is 0 Å². The SMILES string of the molecule is N#Cc1ccncc1.O=C(O)c1ccc2ccccc2c1. The van der Waals surface area contributed by atoms with Gasteiger partial charge in [0.15, 0.2) is 0 Å². The third-order valence-corrected chi connectivity index (χ3v) is 2.81. The number of carboxylic acid groups (broad SMARTS) is 1. The van der Waals surface area contributed by atoms with Crippen molar-refractivity contribution in [3.8, 4) is 6.07 Å². The zero-order valence-electron chi connectivity index (χ0n) is 11.1. The smallest absolute Gasteiger partial charge is 0.335 e. The van der Waals surface area contributed by atoms with Gasteiger partial charge in [-0.1, -0.05) is 30.3 Å². The number of nitriles is 1. The van der Waals surface area contributed by atoms with Gasteiger partial charge < -0.3 is 5.11 Å². The molecule has 1 aromatic heterocycles. The highest BCUT2D eigenvalue weighted by atomic mass is 16.4. The lowest BCUT2D eigenvalue weighted by molar-refractivity contribution is 0.0697. The summed E-state index contributed by atoms with van der Waals surface area (Å²) in [7, 11) is 0. The quantitative estimate of drug-likeness (QED) is 0.738. The zero-order valence-corrected chi connectivity index (χ0v) is 11.1. The molecule has 0 aliphatic heterocycles. The number of aromatic nitrogens is 1. The number of benzene rings is 2. The van der Waals surface area contributed by atoms with E-state index >= 15 is 0 Å². The van der Waals surface area contributed by atoms with Gasteiger partial charge in [-0.15, -0.1) is 0 Å². The molecule has 0 unspecified atom stereocenters. The van der Waals surface area contributed by atoms with Crippen LogP contribution in [0.2, 0.25) is 0 Å². The minimum Gasteiger partial charge on any atom is -0.478 e. The molecule has 0 fully saturated rings. The molecular formula is C17H12N2O2. The molecule has 0 atom stereocenters. The van der Waals surface area contributed by atoms with Crippen LogP contribution in [0.1, 0.15) is 15.9 Å². The van der Waals surface area contributed by atoms with E-state index in [0.29, 0.717) is 11.1 Å². The summed E-state index contributed by atoms with van der Waals surface area (Å²) >= 11 is 0. The van der Waals surface area contributed by atoms with Gasteiger partial charge >= 0.3 is 5.97 Å². The van der Waals surface area contributed by atoms with E-state index in [-0.39, 0.29) is 0 Å². The van der Waals surface area contributed by atoms with Crippen molar-refractivity contribution in [3.05, 3.63) is 78.1 Å². The van der Waals surface area contributed by atoms with Crippen molar-refractivity contribution in [1.82, 2.24) is 4.98 Å². The Hall–Kier alpha value is -3.19. The Morgan fingerprint density at radius 3 is 2.24 bits per heavy atom. The van der Waals surface area contributed by atoms with Crippen LogP contribution in [0.15, 0.2) is 67.0 Å². The fourth-order valence-electron chi connectivity index (χ4n) is 1.75. The van der Waals surface area contributed by atoms with Gasteiger partial charge in [0.1, 0.15) is 0 Å². The Morgan fingerprint density at radius 1 is 1.00 bits per heavy atom. The fraction of sp³-hybridized carbons (Fsp3) is 0. The Kier molecular flexibility index (Phi) is 4.62. The van der Waals surface area contributed by atoms with Crippen molar-refractivity contribution in [1.29, 1.82) is 5.26 Å². The molecule has 3 rings (SSSR count). The second kappa shape index (κ2) is 6.83. The zero-order chi connectivity index (χ0) is 15.1. The van der Waals surface area contributed by atoms with Crippen molar-refractivity contribution in [3.63, 3.8) is 0 Å². The van der Waals surface area contributed by atoms with E-state index < -0.39 is 5.97 Å². The van der Waals surface area contributed by atoms with Crippen LogP contribution in [-0.2, 0) is 0 Å². The number of hydrogen-bond donors (Lipinski definition) is 1. The average molecular weight is 276 g/mol. The lowest BCUT2D eigenvalue weighted by atomic mass is 10.1. The number of fused-ring (bicyclic) bond motifs is 1. The first-order chi connectivity index (χ1) is 10.2. The third kappa shape index (κ3) is 3.88. The number of carbonyl (C=O) groups is 1. The lowest BCUT2D eigenvalue weighted by Crippen LogP contribution is -1.94. The van der Waals surface area contributed by atoms with Gasteiger partial charge in [-0.05, 0) is 35.0 Å². The van der Waals surface area contributed by atoms with Crippen LogP contribution in [0.25, 0.3) is 10.8 Å². The van der Waals surface area contributed by atoms with E-state index in [2.05, 4.69) is 4.98 Å². The summed E-state index contributed by atoms with van der Waals surface area (Å²) in [5.74, 6) is -0.884. The molecule has 0 bridgehead atoms. The first-order valence-electron chi connectivity index (χ1n) is 6.23. The van der Waals surface area contributed by atoms with Gasteiger partial charge in [0, 0.05) is 12.4 Å². The largest absolute Gasteiger partial charge is 0.478 e. The van der Waals surface area contributed by atoms with Crippen molar-refractivity contribution in [2.75, 3.05) is 0 Å². The fourth-order valence-corrected chi connectivity index (χ4v) is 1.75. The number of carboxylic acids is 1. The van der Waals surface area contributed by atoms with Crippen LogP contribution in [-0.4, -0.2) is 16.1 Å². The maximum absolute atomic E-state index is 10.6. The molecule has 0 radical (unpaired) electrons. The summed E-state index contributed by atoms with van der Waals surface area (Å²) in [6, 6.07) is 18.1. The third-order valence-electron chi connectivity index (χ3n) is 2.81. The summed E-state index contributed by atoms with van der Waals surface area (Å²) in [4.78, 5) is 14.4. The highest BCUT2D eigenvalue weighted by Crippen LogP contribution is 2.15. The van der Waals surface area contributed by atoms with E-state index in [1.807, 2.05) is 36.4 Å². The summed E-state index contributed by atoms with van der Waals surface area (Å²) in [6.07, 6.45) is 3.19. The summed E-state index contributed by atoms with van der Waals surface area (Å²) in [5.41, 5.74) is 0.985. The van der Waals surface area contributed by atoms with Crippen molar-refractivity contribution in [2.45, 2.75) is 0 Å². The molecule has 1 heterocycles. The molecular weight excluding hydrogens is 264 g/mol. The van der Waals surface area contributed by atoms with E-state index in [1.54, 1.807) is 36.7 Å². The van der Waals surface area contributed by atoms with Crippen LogP contribution in [0.4, 0.5) is 0 Å². The summed E-state index contributed by atoms with van der Waals surface area (Å²) < 4.78 is 0. The second-order valence-electron chi connectivity index (χ2n) is 4.21. The topological polar surface area (TPSA) is 74.0 Å². The van der Waals surface area contributed by atoms with E-state index in [9.17, 15) is 4.79 Å². The van der Waals surface area contributed by atoms with E-state index in [4.69, 9.17) is 10.4 Å². The average Bonchev–Trinajstić information content (AvgIpc) is 2.55. The monoisotopic (exact) mass is 276 g/mol. The molecule has 0 saturated heterocycles. The van der Waals surface area contributed by atoms with Crippen LogP contribution >= 0.6 is 0 Å². The molecule has 1 N–H and O–H groups in total. The lowest BCUT2D eigenvalue weighted by Gasteiger charge is -1.98. The molecule has 3 aromatic rings. The van der Waals surface area contributed by atoms with Crippen LogP contribution in [0.3, 0.4) is 0 Å². The summed E-state index contributed by atoms with van der Waals surface area (Å²) in [5, 5.41) is 19.0. The van der Waals surface area contributed by atoms with Crippen LogP contribution in [0, 0.1) is 11.3 Å². The van der Waals surface area contributed by atoms with Crippen molar-refractivity contribution in [2.24, 2.45) is 0 Å². The Labute approximate surface area is 121 Å². The van der Waals surface area contributed by atoms with Crippen LogP contribution in [0.5, 0.6) is 0 Å². The molecule has 102 valence electrons. The maximum atomic E-state index is 10.6. The molecule has 2 aromatic carbocycles. The molecule has 4 nitrogen and oxygen atoms in total. The predicted molar refractivity (Wildman–Crippen MR) is 79.9 cm³/mol. The molecule has 0 aliphatic rings. The molecule has 21 heavy (non-hydrogen) atoms. The molecule has 0 amide bonds. The van der Waals surface area contributed by atoms with Gasteiger partial charge in [-0.3, -0.25) is 4.98 Å². The minimum atomic E-state index is -0.884. The number of hydrogen-bond acceptors (Lipinski definition) is 3. The van der Waals surface area contributed by atoms with Crippen molar-refractivity contribution < 1.29 is 9.90 Å². The van der Waals surface area contributed by atoms with Gasteiger partial charge in [-0.2, -0.15) is 5.26 Å². The number of pyridine rings is 1. The number of rotatable bonds is 1. The van der Waals surface area contributed by atoms with Gasteiger partial charge in [0.2, 0.25) is 0 Å². The Balaban J connectivity index is 0.000000173. The molecule has 0 aliphatic carbocycles.